The topological polar surface area (TPSA) is 21.3 Å². The molecule has 4 heteroatoms. The molecule has 21 heavy (non-hydrogen) atoms. The van der Waals surface area contributed by atoms with E-state index in [-0.39, 0.29) is 0 Å². The lowest BCUT2D eigenvalue weighted by molar-refractivity contribution is 0.414. The maximum Gasteiger partial charge on any atom is 0.119 e. The fourth-order valence-electron chi connectivity index (χ4n) is 2.41. The average Bonchev–Trinajstić information content (AvgIpc) is 2.49. The zero-order chi connectivity index (χ0) is 15.2. The number of hydrogen-bond donors (Lipinski definition) is 1. The number of methoxy groups -OCH3 is 1. The molecule has 2 nitrogen and oxygen atoms in total. The molecule has 0 aliphatic rings. The van der Waals surface area contributed by atoms with Crippen LogP contribution >= 0.6 is 27.5 Å². The number of halogens is 2. The zero-order valence-corrected chi connectivity index (χ0v) is 14.5. The number of likely N-dealkylation sites (N-methyl/N-ethyl adjacent to an activating group) is 1. The molecule has 1 atom stereocenters. The second-order valence-electron chi connectivity index (χ2n) is 4.97. The van der Waals surface area contributed by atoms with E-state index in [4.69, 9.17) is 16.3 Å². The van der Waals surface area contributed by atoms with Crippen LogP contribution in [0.25, 0.3) is 0 Å². The summed E-state index contributed by atoms with van der Waals surface area (Å²) in [6.07, 6.45) is 0.916. The van der Waals surface area contributed by atoms with Gasteiger partial charge in [-0.1, -0.05) is 39.7 Å². The molecule has 0 heterocycles. The average molecular weight is 369 g/mol. The van der Waals surface area contributed by atoms with Crippen molar-refractivity contribution in [3.8, 4) is 5.75 Å². The highest BCUT2D eigenvalue weighted by molar-refractivity contribution is 9.10. The van der Waals surface area contributed by atoms with Gasteiger partial charge in [0.1, 0.15) is 5.75 Å². The first-order valence-corrected chi connectivity index (χ1v) is 8.03. The Labute approximate surface area is 139 Å². The van der Waals surface area contributed by atoms with Gasteiger partial charge >= 0.3 is 0 Å². The summed E-state index contributed by atoms with van der Waals surface area (Å²) >= 11 is 9.75. The summed E-state index contributed by atoms with van der Waals surface area (Å²) in [5.74, 6) is 1.24. The standard InChI is InChI=1S/C17H19BrClNO/c1-20-11-14(12-4-3-5-15(19)9-12)8-13-10-16(21-2)6-7-17(13)18/h3-7,9-10,14,20H,8,11H2,1-2H3. The van der Waals surface area contributed by atoms with E-state index in [0.29, 0.717) is 5.92 Å². The Hall–Kier alpha value is -1.03. The third-order valence-electron chi connectivity index (χ3n) is 3.49. The second kappa shape index (κ2) is 7.83. The van der Waals surface area contributed by atoms with E-state index >= 15 is 0 Å². The lowest BCUT2D eigenvalue weighted by Gasteiger charge is -2.19. The van der Waals surface area contributed by atoms with Crippen LogP contribution in [-0.4, -0.2) is 20.7 Å². The van der Waals surface area contributed by atoms with Gasteiger partial charge in [0.2, 0.25) is 0 Å². The van der Waals surface area contributed by atoms with Crippen LogP contribution in [0, 0.1) is 0 Å². The van der Waals surface area contributed by atoms with E-state index in [1.54, 1.807) is 7.11 Å². The number of ether oxygens (including phenoxy) is 1. The van der Waals surface area contributed by atoms with Crippen LogP contribution < -0.4 is 10.1 Å². The first-order chi connectivity index (χ1) is 10.1. The monoisotopic (exact) mass is 367 g/mol. The molecule has 0 saturated carbocycles. The van der Waals surface area contributed by atoms with Crippen LogP contribution in [0.1, 0.15) is 17.0 Å². The molecule has 2 aromatic rings. The Morgan fingerprint density at radius 1 is 1.24 bits per heavy atom. The fraction of sp³-hybridized carbons (Fsp3) is 0.294. The lowest BCUT2D eigenvalue weighted by atomic mass is 9.92. The van der Waals surface area contributed by atoms with Gasteiger partial charge in [0.25, 0.3) is 0 Å². The molecule has 0 aliphatic heterocycles. The van der Waals surface area contributed by atoms with Crippen LogP contribution in [0.4, 0.5) is 0 Å². The van der Waals surface area contributed by atoms with E-state index in [1.165, 1.54) is 11.1 Å². The first-order valence-electron chi connectivity index (χ1n) is 6.86. The van der Waals surface area contributed by atoms with E-state index in [1.807, 2.05) is 37.4 Å². The van der Waals surface area contributed by atoms with Gasteiger partial charge in [0.15, 0.2) is 0 Å². The Morgan fingerprint density at radius 2 is 2.05 bits per heavy atom. The molecular weight excluding hydrogens is 350 g/mol. The number of hydrogen-bond acceptors (Lipinski definition) is 2. The highest BCUT2D eigenvalue weighted by Gasteiger charge is 2.14. The Kier molecular flexibility index (Phi) is 6.09. The molecule has 0 aromatic heterocycles. The van der Waals surface area contributed by atoms with Gasteiger partial charge in [-0.05, 0) is 54.9 Å². The van der Waals surface area contributed by atoms with Crippen molar-refractivity contribution in [1.82, 2.24) is 5.32 Å². The van der Waals surface area contributed by atoms with Gasteiger partial charge in [-0.15, -0.1) is 0 Å². The van der Waals surface area contributed by atoms with Crippen LogP contribution in [0.3, 0.4) is 0 Å². The molecule has 0 bridgehead atoms. The van der Waals surface area contributed by atoms with Crippen LogP contribution in [0.5, 0.6) is 5.75 Å². The summed E-state index contributed by atoms with van der Waals surface area (Å²) in [5.41, 5.74) is 2.47. The molecule has 0 spiro atoms. The van der Waals surface area contributed by atoms with Crippen molar-refractivity contribution in [2.75, 3.05) is 20.7 Å². The molecule has 0 fully saturated rings. The summed E-state index contributed by atoms with van der Waals surface area (Å²) in [7, 11) is 3.66. The van der Waals surface area contributed by atoms with Crippen molar-refractivity contribution < 1.29 is 4.74 Å². The highest BCUT2D eigenvalue weighted by Crippen LogP contribution is 2.29. The Bertz CT molecular complexity index is 603. The molecule has 0 aliphatic carbocycles. The van der Waals surface area contributed by atoms with Crippen LogP contribution in [0.2, 0.25) is 5.02 Å². The minimum Gasteiger partial charge on any atom is -0.497 e. The predicted octanol–water partition coefficient (Wildman–Crippen LogP) is 4.66. The number of benzene rings is 2. The Morgan fingerprint density at radius 3 is 2.71 bits per heavy atom. The van der Waals surface area contributed by atoms with Crippen molar-refractivity contribution in [2.24, 2.45) is 0 Å². The van der Waals surface area contributed by atoms with E-state index < -0.39 is 0 Å². The van der Waals surface area contributed by atoms with Gasteiger partial charge in [-0.3, -0.25) is 0 Å². The van der Waals surface area contributed by atoms with Crippen LogP contribution in [0.15, 0.2) is 46.9 Å². The highest BCUT2D eigenvalue weighted by atomic mass is 79.9. The van der Waals surface area contributed by atoms with E-state index in [0.717, 1.165) is 28.2 Å². The molecule has 112 valence electrons. The molecule has 2 aromatic carbocycles. The van der Waals surface area contributed by atoms with E-state index in [9.17, 15) is 0 Å². The summed E-state index contributed by atoms with van der Waals surface area (Å²) < 4.78 is 6.42. The normalized spacial score (nSPS) is 12.2. The minimum atomic E-state index is 0.358. The van der Waals surface area contributed by atoms with Gasteiger partial charge in [0.05, 0.1) is 7.11 Å². The number of rotatable bonds is 6. The summed E-state index contributed by atoms with van der Waals surface area (Å²) in [4.78, 5) is 0. The Balaban J connectivity index is 2.28. The summed E-state index contributed by atoms with van der Waals surface area (Å²) in [6.45, 7) is 0.893. The summed E-state index contributed by atoms with van der Waals surface area (Å²) in [5, 5.41) is 4.04. The SMILES string of the molecule is CNCC(Cc1cc(OC)ccc1Br)c1cccc(Cl)c1. The number of nitrogens with one attached hydrogen (secondary N) is 1. The van der Waals surface area contributed by atoms with Crippen molar-refractivity contribution in [2.45, 2.75) is 12.3 Å². The van der Waals surface area contributed by atoms with Gasteiger partial charge in [0, 0.05) is 22.0 Å². The van der Waals surface area contributed by atoms with E-state index in [2.05, 4.69) is 33.4 Å². The molecule has 0 amide bonds. The molecule has 0 saturated heterocycles. The quantitative estimate of drug-likeness (QED) is 0.801. The molecular formula is C17H19BrClNO. The lowest BCUT2D eigenvalue weighted by Crippen LogP contribution is -2.19. The minimum absolute atomic E-state index is 0.358. The fourth-order valence-corrected chi connectivity index (χ4v) is 3.02. The first kappa shape index (κ1) is 16.3. The third-order valence-corrected chi connectivity index (χ3v) is 4.50. The van der Waals surface area contributed by atoms with Gasteiger partial charge in [-0.2, -0.15) is 0 Å². The van der Waals surface area contributed by atoms with Crippen molar-refractivity contribution in [1.29, 1.82) is 0 Å². The van der Waals surface area contributed by atoms with Crippen molar-refractivity contribution >= 4 is 27.5 Å². The van der Waals surface area contributed by atoms with Crippen molar-refractivity contribution in [3.63, 3.8) is 0 Å². The van der Waals surface area contributed by atoms with Gasteiger partial charge < -0.3 is 10.1 Å². The maximum atomic E-state index is 6.12. The zero-order valence-electron chi connectivity index (χ0n) is 12.2. The molecule has 2 rings (SSSR count). The maximum absolute atomic E-state index is 6.12. The summed E-state index contributed by atoms with van der Waals surface area (Å²) in [6, 6.07) is 14.1. The smallest absolute Gasteiger partial charge is 0.119 e. The van der Waals surface area contributed by atoms with Crippen LogP contribution in [-0.2, 0) is 6.42 Å². The molecule has 1 N–H and O–H groups in total. The van der Waals surface area contributed by atoms with Gasteiger partial charge in [-0.25, -0.2) is 0 Å². The third kappa shape index (κ3) is 4.47. The predicted molar refractivity (Wildman–Crippen MR) is 92.5 cm³/mol. The molecule has 1 unspecified atom stereocenters. The largest absolute Gasteiger partial charge is 0.497 e. The van der Waals surface area contributed by atoms with Crippen molar-refractivity contribution in [3.05, 3.63) is 63.1 Å². The molecule has 0 radical (unpaired) electrons. The second-order valence-corrected chi connectivity index (χ2v) is 6.26.